The van der Waals surface area contributed by atoms with Crippen molar-refractivity contribution in [3.05, 3.63) is 95.8 Å². The molecule has 0 saturated carbocycles. The van der Waals surface area contributed by atoms with Crippen LogP contribution in [-0.2, 0) is 21.2 Å². The average Bonchev–Trinajstić information content (AvgIpc) is 3.14. The largest absolute Gasteiger partial charge is 0.323 e. The van der Waals surface area contributed by atoms with E-state index >= 15 is 0 Å². The Bertz CT molecular complexity index is 1170. The number of hydrogen-bond acceptors (Lipinski definition) is 4. The molecule has 1 aliphatic rings. The van der Waals surface area contributed by atoms with Gasteiger partial charge < -0.3 is 5.32 Å². The van der Waals surface area contributed by atoms with Crippen molar-refractivity contribution in [2.24, 2.45) is 0 Å². The monoisotopic (exact) mass is 433 g/mol. The van der Waals surface area contributed by atoms with Crippen molar-refractivity contribution in [3.8, 4) is 0 Å². The van der Waals surface area contributed by atoms with E-state index in [1.54, 1.807) is 42.7 Å². The molecule has 0 bridgehead atoms. The fraction of sp³-hybridized carbons (Fsp3) is 0.167. The molecule has 0 spiro atoms. The molecule has 31 heavy (non-hydrogen) atoms. The number of anilines is 2. The molecular weight excluding hydrogens is 410 g/mol. The lowest BCUT2D eigenvalue weighted by atomic mass is 10.1. The maximum Gasteiger partial charge on any atom is 0.248 e. The molecule has 3 aromatic rings. The van der Waals surface area contributed by atoms with Gasteiger partial charge in [-0.1, -0.05) is 24.3 Å². The van der Waals surface area contributed by atoms with Gasteiger partial charge in [-0.05, 0) is 72.0 Å². The zero-order valence-corrected chi connectivity index (χ0v) is 17.8. The van der Waals surface area contributed by atoms with Crippen molar-refractivity contribution in [2.75, 3.05) is 21.9 Å². The number of carbonyl (C=O) groups excluding carboxylic acids is 1. The van der Waals surface area contributed by atoms with Gasteiger partial charge in [0.05, 0.1) is 11.4 Å². The standard InChI is InChI=1S/C24H23N3O3S/c28-24(26-22-7-2-20(3-8-22)18-21-12-14-25-15-13-21)11-6-19-4-9-23(10-5-19)27-16-1-17-31(27,29)30/h2-15H,1,16-18H2,(H,26,28)/b11-6+. The number of nitrogens with one attached hydrogen (secondary N) is 1. The molecule has 1 saturated heterocycles. The Labute approximate surface area is 182 Å². The molecule has 7 heteroatoms. The Morgan fingerprint density at radius 3 is 2.29 bits per heavy atom. The van der Waals surface area contributed by atoms with Crippen molar-refractivity contribution in [1.82, 2.24) is 4.98 Å². The van der Waals surface area contributed by atoms with Gasteiger partial charge in [-0.25, -0.2) is 8.42 Å². The molecule has 1 amide bonds. The summed E-state index contributed by atoms with van der Waals surface area (Å²) in [5.41, 5.74) is 4.54. The molecule has 6 nitrogen and oxygen atoms in total. The van der Waals surface area contributed by atoms with Crippen LogP contribution in [-0.4, -0.2) is 31.6 Å². The number of benzene rings is 2. The minimum absolute atomic E-state index is 0.194. The molecule has 1 aliphatic heterocycles. The third kappa shape index (κ3) is 5.38. The van der Waals surface area contributed by atoms with E-state index in [1.807, 2.05) is 36.4 Å². The maximum absolute atomic E-state index is 12.2. The Balaban J connectivity index is 1.33. The number of pyridine rings is 1. The first-order valence-corrected chi connectivity index (χ1v) is 11.7. The quantitative estimate of drug-likeness (QED) is 0.599. The fourth-order valence-corrected chi connectivity index (χ4v) is 5.04. The first kappa shape index (κ1) is 20.8. The maximum atomic E-state index is 12.2. The number of amides is 1. The molecule has 1 N–H and O–H groups in total. The van der Waals surface area contributed by atoms with Crippen LogP contribution in [0.3, 0.4) is 0 Å². The van der Waals surface area contributed by atoms with Crippen LogP contribution in [0.5, 0.6) is 0 Å². The van der Waals surface area contributed by atoms with Gasteiger partial charge in [-0.3, -0.25) is 14.1 Å². The molecule has 2 heterocycles. The summed E-state index contributed by atoms with van der Waals surface area (Å²) >= 11 is 0. The molecule has 158 valence electrons. The van der Waals surface area contributed by atoms with Crippen LogP contribution in [0.2, 0.25) is 0 Å². The highest BCUT2D eigenvalue weighted by molar-refractivity contribution is 7.93. The highest BCUT2D eigenvalue weighted by atomic mass is 32.2. The number of nitrogens with zero attached hydrogens (tertiary/aromatic N) is 2. The molecule has 0 radical (unpaired) electrons. The predicted molar refractivity (Wildman–Crippen MR) is 123 cm³/mol. The summed E-state index contributed by atoms with van der Waals surface area (Å²) in [6.45, 7) is 0.515. The molecule has 4 rings (SSSR count). The summed E-state index contributed by atoms with van der Waals surface area (Å²) in [5, 5.41) is 2.85. The number of carbonyl (C=O) groups is 1. The summed E-state index contributed by atoms with van der Waals surface area (Å²) in [6.07, 6.45) is 8.18. The van der Waals surface area contributed by atoms with Gasteiger partial charge in [0.2, 0.25) is 15.9 Å². The third-order valence-electron chi connectivity index (χ3n) is 5.09. The zero-order chi connectivity index (χ0) is 21.7. The van der Waals surface area contributed by atoms with Crippen molar-refractivity contribution < 1.29 is 13.2 Å². The van der Waals surface area contributed by atoms with Crippen LogP contribution in [0.25, 0.3) is 6.08 Å². The van der Waals surface area contributed by atoms with Gasteiger partial charge in [0, 0.05) is 30.7 Å². The second-order valence-corrected chi connectivity index (χ2v) is 9.40. The Kier molecular flexibility index (Phi) is 6.13. The topological polar surface area (TPSA) is 79.4 Å². The molecule has 1 fully saturated rings. The lowest BCUT2D eigenvalue weighted by Gasteiger charge is -2.16. The number of aromatic nitrogens is 1. The first-order valence-electron chi connectivity index (χ1n) is 10.1. The van der Waals surface area contributed by atoms with Gasteiger partial charge in [-0.2, -0.15) is 0 Å². The van der Waals surface area contributed by atoms with Crippen LogP contribution in [0.4, 0.5) is 11.4 Å². The van der Waals surface area contributed by atoms with E-state index in [0.29, 0.717) is 18.7 Å². The number of sulfonamides is 1. The molecule has 1 aromatic heterocycles. The second kappa shape index (κ2) is 9.14. The van der Waals surface area contributed by atoms with Gasteiger partial charge in [0.25, 0.3) is 0 Å². The zero-order valence-electron chi connectivity index (χ0n) is 16.9. The van der Waals surface area contributed by atoms with Crippen molar-refractivity contribution in [1.29, 1.82) is 0 Å². The number of rotatable bonds is 6. The van der Waals surface area contributed by atoms with Crippen molar-refractivity contribution in [3.63, 3.8) is 0 Å². The third-order valence-corrected chi connectivity index (χ3v) is 6.96. The van der Waals surface area contributed by atoms with E-state index in [-0.39, 0.29) is 11.7 Å². The predicted octanol–water partition coefficient (Wildman–Crippen LogP) is 3.86. The van der Waals surface area contributed by atoms with Crippen LogP contribution < -0.4 is 9.62 Å². The van der Waals surface area contributed by atoms with Crippen LogP contribution in [0.1, 0.15) is 23.1 Å². The number of hydrogen-bond donors (Lipinski definition) is 1. The van der Waals surface area contributed by atoms with E-state index < -0.39 is 10.0 Å². The second-order valence-electron chi connectivity index (χ2n) is 7.38. The summed E-state index contributed by atoms with van der Waals surface area (Å²) in [5.74, 6) is -0.0346. The summed E-state index contributed by atoms with van der Waals surface area (Å²) in [4.78, 5) is 16.3. The van der Waals surface area contributed by atoms with E-state index in [9.17, 15) is 13.2 Å². The SMILES string of the molecule is O=C(/C=C/c1ccc(N2CCCS2(=O)=O)cc1)Nc1ccc(Cc2ccncc2)cc1. The highest BCUT2D eigenvalue weighted by Crippen LogP contribution is 2.24. The Morgan fingerprint density at radius 1 is 0.968 bits per heavy atom. The smallest absolute Gasteiger partial charge is 0.248 e. The minimum Gasteiger partial charge on any atom is -0.323 e. The summed E-state index contributed by atoms with van der Waals surface area (Å²) in [7, 11) is -3.19. The lowest BCUT2D eigenvalue weighted by molar-refractivity contribution is -0.111. The van der Waals surface area contributed by atoms with E-state index in [1.165, 1.54) is 15.9 Å². The van der Waals surface area contributed by atoms with E-state index in [2.05, 4.69) is 10.3 Å². The van der Waals surface area contributed by atoms with Gasteiger partial charge in [0.1, 0.15) is 0 Å². The van der Waals surface area contributed by atoms with Gasteiger partial charge >= 0.3 is 0 Å². The van der Waals surface area contributed by atoms with E-state index in [0.717, 1.165) is 23.2 Å². The fourth-order valence-electron chi connectivity index (χ4n) is 3.48. The lowest BCUT2D eigenvalue weighted by Crippen LogP contribution is -2.24. The van der Waals surface area contributed by atoms with Crippen molar-refractivity contribution in [2.45, 2.75) is 12.8 Å². The van der Waals surface area contributed by atoms with Gasteiger partial charge in [0.15, 0.2) is 0 Å². The molecular formula is C24H23N3O3S. The first-order chi connectivity index (χ1) is 15.0. The molecule has 0 atom stereocenters. The molecule has 0 unspecified atom stereocenters. The van der Waals surface area contributed by atoms with Crippen LogP contribution in [0, 0.1) is 0 Å². The molecule has 0 aliphatic carbocycles. The van der Waals surface area contributed by atoms with Crippen molar-refractivity contribution >= 4 is 33.4 Å². The average molecular weight is 434 g/mol. The summed E-state index contributed by atoms with van der Waals surface area (Å²) < 4.78 is 25.4. The van der Waals surface area contributed by atoms with Crippen LogP contribution in [0.15, 0.2) is 79.1 Å². The minimum atomic E-state index is -3.19. The Morgan fingerprint density at radius 2 is 1.65 bits per heavy atom. The Hall–Kier alpha value is -3.45. The highest BCUT2D eigenvalue weighted by Gasteiger charge is 2.28. The van der Waals surface area contributed by atoms with Crippen LogP contribution >= 0.6 is 0 Å². The molecule has 2 aromatic carbocycles. The normalized spacial score (nSPS) is 15.3. The summed E-state index contributed by atoms with van der Waals surface area (Å²) in [6, 6.07) is 18.9. The van der Waals surface area contributed by atoms with E-state index in [4.69, 9.17) is 0 Å². The van der Waals surface area contributed by atoms with Gasteiger partial charge in [-0.15, -0.1) is 0 Å².